The van der Waals surface area contributed by atoms with E-state index in [0.29, 0.717) is 6.07 Å². The first-order chi connectivity index (χ1) is 5.15. The second kappa shape index (κ2) is 3.15. The lowest BCUT2D eigenvalue weighted by atomic mass is 10.2. The van der Waals surface area contributed by atoms with E-state index in [0.717, 1.165) is 6.07 Å². The molecule has 0 aromatic heterocycles. The topological polar surface area (TPSA) is 20.2 Å². The molecule has 0 spiro atoms. The lowest BCUT2D eigenvalue weighted by Gasteiger charge is -2.00. The third-order valence-corrected chi connectivity index (χ3v) is 1.66. The van der Waals surface area contributed by atoms with Crippen molar-refractivity contribution < 1.29 is 13.9 Å². The van der Waals surface area contributed by atoms with Crippen molar-refractivity contribution >= 4 is 11.6 Å². The molecule has 0 bridgehead atoms. The Bertz CT molecular complexity index is 275. The molecule has 1 N–H and O–H groups in total. The maximum atomic E-state index is 12.5. The number of halogens is 3. The Morgan fingerprint density at radius 3 is 2.55 bits per heavy atom. The quantitative estimate of drug-likeness (QED) is 0.653. The normalized spacial score (nSPS) is 10.2. The van der Waals surface area contributed by atoms with Crippen LogP contribution in [0.3, 0.4) is 0 Å². The Kier molecular flexibility index (Phi) is 2.42. The molecule has 0 aliphatic carbocycles. The van der Waals surface area contributed by atoms with Gasteiger partial charge in [-0.25, -0.2) is 8.78 Å². The van der Waals surface area contributed by atoms with Gasteiger partial charge in [-0.2, -0.15) is 0 Å². The second-order valence-corrected chi connectivity index (χ2v) is 2.40. The lowest BCUT2D eigenvalue weighted by molar-refractivity contribution is 0.280. The average molecular weight is 179 g/mol. The van der Waals surface area contributed by atoms with Gasteiger partial charge < -0.3 is 5.11 Å². The molecule has 0 aliphatic rings. The Balaban J connectivity index is 3.24. The molecule has 0 radical (unpaired) electrons. The maximum absolute atomic E-state index is 12.5. The highest BCUT2D eigenvalue weighted by molar-refractivity contribution is 6.31. The van der Waals surface area contributed by atoms with Crippen molar-refractivity contribution in [2.45, 2.75) is 6.61 Å². The lowest BCUT2D eigenvalue weighted by Crippen LogP contribution is -1.90. The third kappa shape index (κ3) is 1.67. The zero-order valence-electron chi connectivity index (χ0n) is 5.44. The molecule has 0 saturated carbocycles. The minimum Gasteiger partial charge on any atom is -0.392 e. The molecule has 0 heterocycles. The molecule has 0 amide bonds. The first kappa shape index (κ1) is 8.43. The van der Waals surface area contributed by atoms with Crippen LogP contribution in [0.15, 0.2) is 12.1 Å². The summed E-state index contributed by atoms with van der Waals surface area (Å²) in [7, 11) is 0. The SMILES string of the molecule is OCc1cc(F)cc(F)c1Cl. The number of hydrogen-bond acceptors (Lipinski definition) is 1. The van der Waals surface area contributed by atoms with E-state index in [-0.39, 0.29) is 10.6 Å². The minimum atomic E-state index is -0.851. The van der Waals surface area contributed by atoms with Gasteiger partial charge in [0.15, 0.2) is 0 Å². The van der Waals surface area contributed by atoms with Crippen LogP contribution >= 0.6 is 11.6 Å². The molecule has 11 heavy (non-hydrogen) atoms. The molecule has 1 aromatic carbocycles. The van der Waals surface area contributed by atoms with Gasteiger partial charge in [-0.05, 0) is 6.07 Å². The van der Waals surface area contributed by atoms with Crippen molar-refractivity contribution in [3.8, 4) is 0 Å². The van der Waals surface area contributed by atoms with Crippen molar-refractivity contribution in [1.82, 2.24) is 0 Å². The summed E-state index contributed by atoms with van der Waals surface area (Å²) in [6.45, 7) is -0.465. The first-order valence-corrected chi connectivity index (χ1v) is 3.27. The van der Waals surface area contributed by atoms with Gasteiger partial charge in [-0.3, -0.25) is 0 Å². The Morgan fingerprint density at radius 1 is 1.36 bits per heavy atom. The molecule has 0 atom stereocenters. The van der Waals surface area contributed by atoms with Crippen LogP contribution in [0.1, 0.15) is 5.56 Å². The van der Waals surface area contributed by atoms with Crippen LogP contribution in [0.2, 0.25) is 5.02 Å². The van der Waals surface area contributed by atoms with Gasteiger partial charge in [0.2, 0.25) is 0 Å². The molecule has 0 aliphatic heterocycles. The monoisotopic (exact) mass is 178 g/mol. The first-order valence-electron chi connectivity index (χ1n) is 2.89. The molecule has 4 heteroatoms. The molecular formula is C7H5ClF2O. The summed E-state index contributed by atoms with van der Waals surface area (Å²) in [5.74, 6) is -1.59. The van der Waals surface area contributed by atoms with E-state index in [1.807, 2.05) is 0 Å². The third-order valence-electron chi connectivity index (χ3n) is 1.24. The number of aliphatic hydroxyl groups is 1. The summed E-state index contributed by atoms with van der Waals surface area (Å²) in [5, 5.41) is 8.32. The molecule has 0 fully saturated rings. The maximum Gasteiger partial charge on any atom is 0.145 e. The van der Waals surface area contributed by atoms with E-state index in [4.69, 9.17) is 16.7 Å². The van der Waals surface area contributed by atoms with E-state index >= 15 is 0 Å². The number of hydrogen-bond donors (Lipinski definition) is 1. The van der Waals surface area contributed by atoms with Gasteiger partial charge in [-0.15, -0.1) is 0 Å². The van der Waals surface area contributed by atoms with Gasteiger partial charge in [0.25, 0.3) is 0 Å². The van der Waals surface area contributed by atoms with E-state index in [9.17, 15) is 8.78 Å². The Labute approximate surface area is 67.2 Å². The molecule has 1 rings (SSSR count). The fourth-order valence-corrected chi connectivity index (χ4v) is 0.893. The van der Waals surface area contributed by atoms with Gasteiger partial charge in [0.05, 0.1) is 11.6 Å². The van der Waals surface area contributed by atoms with Gasteiger partial charge >= 0.3 is 0 Å². The minimum absolute atomic E-state index is 0.0594. The van der Waals surface area contributed by atoms with Gasteiger partial charge in [-0.1, -0.05) is 11.6 Å². The summed E-state index contributed by atoms with van der Waals surface area (Å²) in [5.41, 5.74) is 0.0594. The van der Waals surface area contributed by atoms with Crippen molar-refractivity contribution in [3.63, 3.8) is 0 Å². The highest BCUT2D eigenvalue weighted by Crippen LogP contribution is 2.20. The number of rotatable bonds is 1. The van der Waals surface area contributed by atoms with Crippen LogP contribution < -0.4 is 0 Å². The van der Waals surface area contributed by atoms with Crippen molar-refractivity contribution in [2.24, 2.45) is 0 Å². The summed E-state index contributed by atoms with van der Waals surface area (Å²) < 4.78 is 24.9. The van der Waals surface area contributed by atoms with E-state index in [1.54, 1.807) is 0 Å². The van der Waals surface area contributed by atoms with Gasteiger partial charge in [0.1, 0.15) is 11.6 Å². The summed E-state index contributed by atoms with van der Waals surface area (Å²) in [6, 6.07) is 1.66. The smallest absolute Gasteiger partial charge is 0.145 e. The summed E-state index contributed by atoms with van der Waals surface area (Å²) in [4.78, 5) is 0. The van der Waals surface area contributed by atoms with Crippen LogP contribution in [-0.4, -0.2) is 5.11 Å². The molecule has 60 valence electrons. The standard InChI is InChI=1S/C7H5ClF2O/c8-7-4(3-11)1-5(9)2-6(7)10/h1-2,11H,3H2. The van der Waals surface area contributed by atoms with Crippen molar-refractivity contribution in [1.29, 1.82) is 0 Å². The number of aliphatic hydroxyl groups excluding tert-OH is 1. The predicted octanol–water partition coefficient (Wildman–Crippen LogP) is 2.11. The Morgan fingerprint density at radius 2 is 2.00 bits per heavy atom. The summed E-state index contributed by atoms with van der Waals surface area (Å²) in [6.07, 6.45) is 0. The second-order valence-electron chi connectivity index (χ2n) is 2.02. The van der Waals surface area contributed by atoms with Gasteiger partial charge in [0, 0.05) is 11.6 Å². The molecule has 1 nitrogen and oxygen atoms in total. The fourth-order valence-electron chi connectivity index (χ4n) is 0.724. The van der Waals surface area contributed by atoms with Crippen molar-refractivity contribution in [2.75, 3.05) is 0 Å². The van der Waals surface area contributed by atoms with E-state index in [2.05, 4.69) is 0 Å². The largest absolute Gasteiger partial charge is 0.392 e. The van der Waals surface area contributed by atoms with Crippen molar-refractivity contribution in [3.05, 3.63) is 34.4 Å². The van der Waals surface area contributed by atoms with Crippen LogP contribution in [0.4, 0.5) is 8.78 Å². The average Bonchev–Trinajstić information content (AvgIpc) is 1.96. The van der Waals surface area contributed by atoms with Crippen LogP contribution in [-0.2, 0) is 6.61 Å². The van der Waals surface area contributed by atoms with Crippen LogP contribution in [0.5, 0.6) is 0 Å². The van der Waals surface area contributed by atoms with Crippen LogP contribution in [0, 0.1) is 11.6 Å². The molecule has 1 aromatic rings. The fraction of sp³-hybridized carbons (Fsp3) is 0.143. The Hall–Kier alpha value is -0.670. The van der Waals surface area contributed by atoms with E-state index in [1.165, 1.54) is 0 Å². The molecular weight excluding hydrogens is 174 g/mol. The zero-order chi connectivity index (χ0) is 8.43. The van der Waals surface area contributed by atoms with E-state index < -0.39 is 18.2 Å². The zero-order valence-corrected chi connectivity index (χ0v) is 6.20. The molecule has 0 saturated heterocycles. The highest BCUT2D eigenvalue weighted by Gasteiger charge is 2.07. The van der Waals surface area contributed by atoms with Crippen LogP contribution in [0.25, 0.3) is 0 Å². The number of benzene rings is 1. The predicted molar refractivity (Wildman–Crippen MR) is 37.3 cm³/mol. The molecule has 0 unspecified atom stereocenters. The summed E-state index contributed by atoms with van der Waals surface area (Å²) >= 11 is 5.36. The highest BCUT2D eigenvalue weighted by atomic mass is 35.5.